The van der Waals surface area contributed by atoms with Crippen molar-refractivity contribution in [2.24, 2.45) is 0 Å². The van der Waals surface area contributed by atoms with Gasteiger partial charge in [-0.25, -0.2) is 4.39 Å². The fraction of sp³-hybridized carbons (Fsp3) is 1.00. The van der Waals surface area contributed by atoms with Crippen molar-refractivity contribution in [3.05, 3.63) is 0 Å². The summed E-state index contributed by atoms with van der Waals surface area (Å²) in [6, 6.07) is 0. The van der Waals surface area contributed by atoms with Gasteiger partial charge in [0.15, 0.2) is 0 Å². The predicted octanol–water partition coefficient (Wildman–Crippen LogP) is 2.92. The van der Waals surface area contributed by atoms with E-state index in [-0.39, 0.29) is 0 Å². The summed E-state index contributed by atoms with van der Waals surface area (Å²) < 4.78 is 12.8. The van der Waals surface area contributed by atoms with E-state index in [1.165, 1.54) is 0 Å². The van der Waals surface area contributed by atoms with Gasteiger partial charge in [-0.1, -0.05) is 20.3 Å². The molecular formula is C7H15F. The van der Waals surface area contributed by atoms with Crippen molar-refractivity contribution in [3.8, 4) is 0 Å². The van der Waals surface area contributed by atoms with Crippen LogP contribution in [0.15, 0.2) is 0 Å². The molecule has 0 rings (SSSR count). The first-order valence-electron chi connectivity index (χ1n) is 3.31. The Morgan fingerprint density at radius 2 is 1.88 bits per heavy atom. The lowest BCUT2D eigenvalue weighted by molar-refractivity contribution is 0.167. The van der Waals surface area contributed by atoms with Crippen LogP contribution in [0.1, 0.15) is 40.0 Å². The molecule has 1 unspecified atom stereocenters. The highest BCUT2D eigenvalue weighted by Gasteiger charge is 2.17. The third kappa shape index (κ3) is 3.00. The summed E-state index contributed by atoms with van der Waals surface area (Å²) in [4.78, 5) is 0. The van der Waals surface area contributed by atoms with Crippen LogP contribution in [0.25, 0.3) is 0 Å². The molecule has 0 aliphatic heterocycles. The van der Waals surface area contributed by atoms with E-state index in [0.717, 1.165) is 6.42 Å². The number of rotatable bonds is 3. The minimum absolute atomic E-state index is 0.640. The SMILES string of the molecule is CCCC(C)(F)CC. The van der Waals surface area contributed by atoms with Crippen LogP contribution in [0.3, 0.4) is 0 Å². The number of halogens is 1. The summed E-state index contributed by atoms with van der Waals surface area (Å²) in [6.07, 6.45) is 2.28. The molecule has 0 N–H and O–H groups in total. The standard InChI is InChI=1S/C7H15F/c1-4-6-7(3,8)5-2/h4-6H2,1-3H3. The van der Waals surface area contributed by atoms with Gasteiger partial charge in [0.1, 0.15) is 5.67 Å². The minimum Gasteiger partial charge on any atom is -0.244 e. The summed E-state index contributed by atoms with van der Waals surface area (Å²) in [5.74, 6) is 0. The second-order valence-corrected chi connectivity index (χ2v) is 2.52. The van der Waals surface area contributed by atoms with Crippen LogP contribution in [0.2, 0.25) is 0 Å². The average Bonchev–Trinajstić information content (AvgIpc) is 1.67. The van der Waals surface area contributed by atoms with Crippen LogP contribution < -0.4 is 0 Å². The zero-order valence-electron chi connectivity index (χ0n) is 6.00. The molecule has 0 spiro atoms. The first-order chi connectivity index (χ1) is 3.62. The van der Waals surface area contributed by atoms with Crippen LogP contribution in [0.4, 0.5) is 4.39 Å². The van der Waals surface area contributed by atoms with Gasteiger partial charge in [0.05, 0.1) is 0 Å². The highest BCUT2D eigenvalue weighted by molar-refractivity contribution is 4.68. The van der Waals surface area contributed by atoms with Crippen LogP contribution in [0.5, 0.6) is 0 Å². The van der Waals surface area contributed by atoms with Crippen molar-refractivity contribution < 1.29 is 4.39 Å². The third-order valence-corrected chi connectivity index (χ3v) is 1.51. The fourth-order valence-electron chi connectivity index (χ4n) is 0.698. The lowest BCUT2D eigenvalue weighted by Crippen LogP contribution is -2.14. The summed E-state index contributed by atoms with van der Waals surface area (Å²) in [5.41, 5.74) is -0.908. The first kappa shape index (κ1) is 7.93. The van der Waals surface area contributed by atoms with Crippen LogP contribution >= 0.6 is 0 Å². The molecule has 1 atom stereocenters. The first-order valence-corrected chi connectivity index (χ1v) is 3.31. The lowest BCUT2D eigenvalue weighted by atomic mass is 10.0. The Morgan fingerprint density at radius 1 is 1.38 bits per heavy atom. The monoisotopic (exact) mass is 118 g/mol. The maximum atomic E-state index is 12.8. The van der Waals surface area contributed by atoms with E-state index in [1.807, 2.05) is 13.8 Å². The smallest absolute Gasteiger partial charge is 0.108 e. The molecule has 0 saturated heterocycles. The van der Waals surface area contributed by atoms with Gasteiger partial charge in [-0.3, -0.25) is 0 Å². The summed E-state index contributed by atoms with van der Waals surface area (Å²) in [5, 5.41) is 0. The maximum Gasteiger partial charge on any atom is 0.108 e. The van der Waals surface area contributed by atoms with E-state index in [1.54, 1.807) is 6.92 Å². The molecule has 0 fully saturated rings. The van der Waals surface area contributed by atoms with E-state index in [9.17, 15) is 4.39 Å². The summed E-state index contributed by atoms with van der Waals surface area (Å²) in [7, 11) is 0. The molecule has 0 aromatic carbocycles. The Hall–Kier alpha value is -0.0700. The quantitative estimate of drug-likeness (QED) is 0.534. The van der Waals surface area contributed by atoms with Gasteiger partial charge in [-0.05, 0) is 19.8 Å². The summed E-state index contributed by atoms with van der Waals surface area (Å²) >= 11 is 0. The van der Waals surface area contributed by atoms with Gasteiger partial charge in [-0.15, -0.1) is 0 Å². The number of hydrogen-bond acceptors (Lipinski definition) is 0. The molecule has 0 aromatic heterocycles. The second kappa shape index (κ2) is 3.06. The van der Waals surface area contributed by atoms with Gasteiger partial charge in [-0.2, -0.15) is 0 Å². The Balaban J connectivity index is 3.37. The Labute approximate surface area is 51.1 Å². The zero-order chi connectivity index (χ0) is 6.62. The second-order valence-electron chi connectivity index (χ2n) is 2.52. The molecular weight excluding hydrogens is 103 g/mol. The third-order valence-electron chi connectivity index (χ3n) is 1.51. The van der Waals surface area contributed by atoms with Crippen LogP contribution in [-0.4, -0.2) is 5.67 Å². The fourth-order valence-corrected chi connectivity index (χ4v) is 0.698. The molecule has 0 aliphatic rings. The number of hydrogen-bond donors (Lipinski definition) is 0. The zero-order valence-corrected chi connectivity index (χ0v) is 6.00. The maximum absolute atomic E-state index is 12.8. The van der Waals surface area contributed by atoms with Crippen LogP contribution in [-0.2, 0) is 0 Å². The highest BCUT2D eigenvalue weighted by Crippen LogP contribution is 2.20. The van der Waals surface area contributed by atoms with Gasteiger partial charge in [0.2, 0.25) is 0 Å². The van der Waals surface area contributed by atoms with Crippen molar-refractivity contribution in [1.29, 1.82) is 0 Å². The van der Waals surface area contributed by atoms with E-state index in [0.29, 0.717) is 12.8 Å². The van der Waals surface area contributed by atoms with Gasteiger partial charge < -0.3 is 0 Å². The Bertz CT molecular complexity index is 57.4. The van der Waals surface area contributed by atoms with E-state index < -0.39 is 5.67 Å². The van der Waals surface area contributed by atoms with Gasteiger partial charge in [0, 0.05) is 0 Å². The Morgan fingerprint density at radius 3 is 2.00 bits per heavy atom. The highest BCUT2D eigenvalue weighted by atomic mass is 19.1. The van der Waals surface area contributed by atoms with Crippen LogP contribution in [0, 0.1) is 0 Å². The molecule has 0 radical (unpaired) electrons. The van der Waals surface area contributed by atoms with Crippen molar-refractivity contribution in [3.63, 3.8) is 0 Å². The molecule has 0 aromatic rings. The van der Waals surface area contributed by atoms with E-state index >= 15 is 0 Å². The molecule has 0 nitrogen and oxygen atoms in total. The van der Waals surface area contributed by atoms with Gasteiger partial charge in [0.25, 0.3) is 0 Å². The van der Waals surface area contributed by atoms with Crippen molar-refractivity contribution >= 4 is 0 Å². The van der Waals surface area contributed by atoms with Gasteiger partial charge >= 0.3 is 0 Å². The average molecular weight is 118 g/mol. The van der Waals surface area contributed by atoms with E-state index in [2.05, 4.69) is 0 Å². The van der Waals surface area contributed by atoms with Crippen molar-refractivity contribution in [2.45, 2.75) is 45.7 Å². The molecule has 0 saturated carbocycles. The molecule has 1 heteroatoms. The molecule has 8 heavy (non-hydrogen) atoms. The minimum atomic E-state index is -0.908. The lowest BCUT2D eigenvalue weighted by Gasteiger charge is -2.15. The molecule has 0 bridgehead atoms. The molecule has 0 amide bonds. The molecule has 50 valence electrons. The Kier molecular flexibility index (Phi) is 3.03. The number of alkyl halides is 1. The summed E-state index contributed by atoms with van der Waals surface area (Å²) in [6.45, 7) is 5.56. The topological polar surface area (TPSA) is 0 Å². The van der Waals surface area contributed by atoms with E-state index in [4.69, 9.17) is 0 Å². The molecule has 0 aliphatic carbocycles. The largest absolute Gasteiger partial charge is 0.244 e. The van der Waals surface area contributed by atoms with Crippen molar-refractivity contribution in [2.75, 3.05) is 0 Å². The predicted molar refractivity (Wildman–Crippen MR) is 34.7 cm³/mol. The normalized spacial score (nSPS) is 18.0. The van der Waals surface area contributed by atoms with Crippen molar-refractivity contribution in [1.82, 2.24) is 0 Å². The molecule has 0 heterocycles.